The number of ether oxygens (including phenoxy) is 1. The van der Waals surface area contributed by atoms with Crippen LogP contribution in [0.15, 0.2) is 56.7 Å². The van der Waals surface area contributed by atoms with Crippen molar-refractivity contribution in [1.82, 2.24) is 0 Å². The van der Waals surface area contributed by atoms with E-state index in [1.54, 1.807) is 18.9 Å². The van der Waals surface area contributed by atoms with Gasteiger partial charge in [0.1, 0.15) is 5.75 Å². The van der Waals surface area contributed by atoms with Gasteiger partial charge in [-0.25, -0.2) is 0 Å². The van der Waals surface area contributed by atoms with E-state index in [9.17, 15) is 4.79 Å². The maximum absolute atomic E-state index is 10.8. The third-order valence-corrected chi connectivity index (χ3v) is 4.43. The van der Waals surface area contributed by atoms with Crippen LogP contribution in [0.2, 0.25) is 0 Å². The lowest BCUT2D eigenvalue weighted by Gasteiger charge is -2.07. The molecule has 0 aliphatic rings. The minimum atomic E-state index is -0.836. The summed E-state index contributed by atoms with van der Waals surface area (Å²) in [7, 11) is 1.63. The van der Waals surface area contributed by atoms with Crippen molar-refractivity contribution in [1.29, 1.82) is 0 Å². The van der Waals surface area contributed by atoms with Crippen LogP contribution in [-0.4, -0.2) is 18.2 Å². The molecule has 0 spiro atoms. The maximum atomic E-state index is 10.8. The second-order valence-corrected chi connectivity index (χ2v) is 6.10. The summed E-state index contributed by atoms with van der Waals surface area (Å²) in [5, 5.41) is 8.89. The summed E-state index contributed by atoms with van der Waals surface area (Å²) in [4.78, 5) is 12.9. The maximum Gasteiger partial charge on any atom is 0.307 e. The molecule has 0 aliphatic heterocycles. The standard InChI is InChI=1S/C15H13BrO3S/c1-19-11-2-4-12(5-3-11)20-13-6-7-14(16)10(8-13)9-15(17)18/h2-8H,9H2,1H3,(H,17,18). The van der Waals surface area contributed by atoms with Crippen LogP contribution in [0.25, 0.3) is 0 Å². The fourth-order valence-electron chi connectivity index (χ4n) is 1.69. The molecule has 2 rings (SSSR count). The highest BCUT2D eigenvalue weighted by Gasteiger charge is 2.07. The van der Waals surface area contributed by atoms with Crippen LogP contribution in [0, 0.1) is 0 Å². The number of methoxy groups -OCH3 is 1. The summed E-state index contributed by atoms with van der Waals surface area (Å²) in [6.07, 6.45) is 0.0115. The van der Waals surface area contributed by atoms with Crippen LogP contribution in [0.3, 0.4) is 0 Å². The predicted octanol–water partition coefficient (Wildman–Crippen LogP) is 4.24. The molecule has 0 atom stereocenters. The summed E-state index contributed by atoms with van der Waals surface area (Å²) in [5.41, 5.74) is 0.774. The van der Waals surface area contributed by atoms with Crippen LogP contribution in [0.1, 0.15) is 5.56 Å². The molecule has 0 saturated heterocycles. The molecular weight excluding hydrogens is 340 g/mol. The predicted molar refractivity (Wildman–Crippen MR) is 82.6 cm³/mol. The first-order valence-electron chi connectivity index (χ1n) is 5.90. The Morgan fingerprint density at radius 3 is 2.45 bits per heavy atom. The number of carbonyl (C=O) groups is 1. The molecule has 0 aliphatic carbocycles. The first kappa shape index (κ1) is 14.9. The zero-order valence-corrected chi connectivity index (χ0v) is 13.2. The van der Waals surface area contributed by atoms with Crippen LogP contribution in [0.5, 0.6) is 5.75 Å². The van der Waals surface area contributed by atoms with E-state index in [4.69, 9.17) is 9.84 Å². The van der Waals surface area contributed by atoms with Gasteiger partial charge in [-0.15, -0.1) is 0 Å². The van der Waals surface area contributed by atoms with Crippen LogP contribution >= 0.6 is 27.7 Å². The van der Waals surface area contributed by atoms with E-state index in [0.717, 1.165) is 25.6 Å². The Bertz CT molecular complexity index is 611. The molecule has 0 heterocycles. The van der Waals surface area contributed by atoms with Crippen molar-refractivity contribution in [2.75, 3.05) is 7.11 Å². The number of carboxylic acid groups (broad SMARTS) is 1. The van der Waals surface area contributed by atoms with Gasteiger partial charge in [0.15, 0.2) is 0 Å². The van der Waals surface area contributed by atoms with Crippen molar-refractivity contribution in [2.24, 2.45) is 0 Å². The molecule has 104 valence electrons. The minimum Gasteiger partial charge on any atom is -0.497 e. The molecule has 5 heteroatoms. The van der Waals surface area contributed by atoms with E-state index in [-0.39, 0.29) is 6.42 Å². The lowest BCUT2D eigenvalue weighted by molar-refractivity contribution is -0.136. The van der Waals surface area contributed by atoms with Gasteiger partial charge in [-0.3, -0.25) is 4.79 Å². The lowest BCUT2D eigenvalue weighted by atomic mass is 10.1. The van der Waals surface area contributed by atoms with Gasteiger partial charge in [0.05, 0.1) is 13.5 Å². The largest absolute Gasteiger partial charge is 0.497 e. The number of hydrogen-bond donors (Lipinski definition) is 1. The second kappa shape index (κ2) is 6.81. The molecule has 0 saturated carbocycles. The molecule has 0 aromatic heterocycles. The molecule has 0 amide bonds. The smallest absolute Gasteiger partial charge is 0.307 e. The van der Waals surface area contributed by atoms with Crippen LogP contribution in [0.4, 0.5) is 0 Å². The van der Waals surface area contributed by atoms with Gasteiger partial charge in [-0.1, -0.05) is 27.7 Å². The van der Waals surface area contributed by atoms with Crippen molar-refractivity contribution in [3.8, 4) is 5.75 Å². The van der Waals surface area contributed by atoms with Gasteiger partial charge < -0.3 is 9.84 Å². The molecule has 3 nitrogen and oxygen atoms in total. The number of rotatable bonds is 5. The van der Waals surface area contributed by atoms with E-state index in [2.05, 4.69) is 15.9 Å². The van der Waals surface area contributed by atoms with Gasteiger partial charge >= 0.3 is 5.97 Å². The Labute approximate surface area is 130 Å². The third kappa shape index (κ3) is 4.02. The van der Waals surface area contributed by atoms with Crippen LogP contribution < -0.4 is 4.74 Å². The molecule has 0 radical (unpaired) electrons. The Hall–Kier alpha value is -1.46. The summed E-state index contributed by atoms with van der Waals surface area (Å²) in [6, 6.07) is 13.5. The summed E-state index contributed by atoms with van der Waals surface area (Å²) in [6.45, 7) is 0. The fourth-order valence-corrected chi connectivity index (χ4v) is 2.96. The zero-order valence-electron chi connectivity index (χ0n) is 10.8. The number of halogens is 1. The quantitative estimate of drug-likeness (QED) is 0.874. The Morgan fingerprint density at radius 2 is 1.85 bits per heavy atom. The molecule has 2 aromatic rings. The zero-order chi connectivity index (χ0) is 14.5. The average molecular weight is 353 g/mol. The van der Waals surface area contributed by atoms with Crippen molar-refractivity contribution in [3.63, 3.8) is 0 Å². The Balaban J connectivity index is 2.18. The van der Waals surface area contributed by atoms with Gasteiger partial charge in [-0.05, 0) is 48.0 Å². The molecule has 2 aromatic carbocycles. The first-order valence-corrected chi connectivity index (χ1v) is 7.51. The number of carboxylic acids is 1. The molecule has 0 fully saturated rings. The Kier molecular flexibility index (Phi) is 5.09. The molecule has 0 bridgehead atoms. The van der Waals surface area contributed by atoms with Gasteiger partial charge in [0.2, 0.25) is 0 Å². The SMILES string of the molecule is COc1ccc(Sc2ccc(Br)c(CC(=O)O)c2)cc1. The highest BCUT2D eigenvalue weighted by molar-refractivity contribution is 9.10. The summed E-state index contributed by atoms with van der Waals surface area (Å²) < 4.78 is 5.94. The molecule has 1 N–H and O–H groups in total. The van der Waals surface area contributed by atoms with Crippen LogP contribution in [-0.2, 0) is 11.2 Å². The van der Waals surface area contributed by atoms with E-state index < -0.39 is 5.97 Å². The van der Waals surface area contributed by atoms with Crippen molar-refractivity contribution in [2.45, 2.75) is 16.2 Å². The van der Waals surface area contributed by atoms with E-state index in [0.29, 0.717) is 0 Å². The molecule has 20 heavy (non-hydrogen) atoms. The average Bonchev–Trinajstić information content (AvgIpc) is 2.43. The topological polar surface area (TPSA) is 46.5 Å². The van der Waals surface area contributed by atoms with E-state index in [1.807, 2.05) is 42.5 Å². The number of hydrogen-bond acceptors (Lipinski definition) is 3. The second-order valence-electron chi connectivity index (χ2n) is 4.10. The third-order valence-electron chi connectivity index (χ3n) is 2.65. The fraction of sp³-hybridized carbons (Fsp3) is 0.133. The van der Waals surface area contributed by atoms with Gasteiger partial charge in [0, 0.05) is 14.3 Å². The highest BCUT2D eigenvalue weighted by atomic mass is 79.9. The van der Waals surface area contributed by atoms with Gasteiger partial charge in [-0.2, -0.15) is 0 Å². The highest BCUT2D eigenvalue weighted by Crippen LogP contribution is 2.31. The monoisotopic (exact) mass is 352 g/mol. The van der Waals surface area contributed by atoms with Crippen molar-refractivity contribution < 1.29 is 14.6 Å². The van der Waals surface area contributed by atoms with E-state index in [1.165, 1.54) is 0 Å². The Morgan fingerprint density at radius 1 is 1.20 bits per heavy atom. The lowest BCUT2D eigenvalue weighted by Crippen LogP contribution is -2.00. The molecule has 0 unspecified atom stereocenters. The van der Waals surface area contributed by atoms with E-state index >= 15 is 0 Å². The number of aliphatic carboxylic acids is 1. The summed E-state index contributed by atoms with van der Waals surface area (Å²) in [5.74, 6) is -0.0194. The minimum absolute atomic E-state index is 0.0115. The first-order chi connectivity index (χ1) is 9.58. The molecular formula is C15H13BrO3S. The van der Waals surface area contributed by atoms with Gasteiger partial charge in [0.25, 0.3) is 0 Å². The summed E-state index contributed by atoms with van der Waals surface area (Å²) >= 11 is 4.96. The van der Waals surface area contributed by atoms with Crippen molar-refractivity contribution >= 4 is 33.7 Å². The number of benzene rings is 2. The normalized spacial score (nSPS) is 10.3. The van der Waals surface area contributed by atoms with Crippen molar-refractivity contribution in [3.05, 3.63) is 52.5 Å².